The number of rotatable bonds is 6. The third-order valence-electron chi connectivity index (χ3n) is 5.14. The Hall–Kier alpha value is -3.42. The molecule has 0 atom stereocenters. The fraction of sp³-hybridized carbons (Fsp3) is 0.364. The molecule has 4 rings (SSSR count). The second-order valence-electron chi connectivity index (χ2n) is 8.56. The molecule has 156 valence electrons. The van der Waals surface area contributed by atoms with Crippen LogP contribution < -0.4 is 10.6 Å². The van der Waals surface area contributed by atoms with E-state index in [1.165, 1.54) is 5.56 Å². The van der Waals surface area contributed by atoms with E-state index in [2.05, 4.69) is 71.5 Å². The molecule has 0 bridgehead atoms. The summed E-state index contributed by atoms with van der Waals surface area (Å²) in [5.41, 5.74) is 5.06. The Morgan fingerprint density at radius 3 is 2.67 bits per heavy atom. The molecule has 0 unspecified atom stereocenters. The number of fused-ring (bicyclic) bond motifs is 1. The van der Waals surface area contributed by atoms with Gasteiger partial charge in [0, 0.05) is 38.2 Å². The smallest absolute Gasteiger partial charge is 0.226 e. The van der Waals surface area contributed by atoms with Crippen LogP contribution in [0, 0.1) is 6.92 Å². The van der Waals surface area contributed by atoms with Gasteiger partial charge >= 0.3 is 0 Å². The number of hydrogen-bond donors (Lipinski definition) is 2. The van der Waals surface area contributed by atoms with Gasteiger partial charge in [-0.3, -0.25) is 0 Å². The average molecular weight is 405 g/mol. The van der Waals surface area contributed by atoms with E-state index >= 15 is 0 Å². The molecule has 0 amide bonds. The lowest BCUT2D eigenvalue weighted by Gasteiger charge is -2.21. The number of nitrogens with one attached hydrogen (secondary N) is 2. The summed E-state index contributed by atoms with van der Waals surface area (Å²) < 4.78 is 3.95. The molecular formula is C22H28N8. The molecule has 0 aliphatic rings. The third-order valence-corrected chi connectivity index (χ3v) is 5.14. The molecule has 4 aromatic rings. The molecule has 0 aliphatic heterocycles. The van der Waals surface area contributed by atoms with Gasteiger partial charge in [-0.15, -0.1) is 0 Å². The van der Waals surface area contributed by atoms with Gasteiger partial charge in [0.25, 0.3) is 0 Å². The second-order valence-corrected chi connectivity index (χ2v) is 8.56. The van der Waals surface area contributed by atoms with Crippen LogP contribution in [0.4, 0.5) is 17.5 Å². The highest BCUT2D eigenvalue weighted by Crippen LogP contribution is 2.30. The Kier molecular flexibility index (Phi) is 5.15. The lowest BCUT2D eigenvalue weighted by atomic mass is 9.86. The summed E-state index contributed by atoms with van der Waals surface area (Å²) in [4.78, 5) is 17.8. The largest absolute Gasteiger partial charge is 0.352 e. The summed E-state index contributed by atoms with van der Waals surface area (Å²) >= 11 is 0. The van der Waals surface area contributed by atoms with Crippen molar-refractivity contribution in [3.05, 3.63) is 54.4 Å². The maximum atomic E-state index is 4.76. The summed E-state index contributed by atoms with van der Waals surface area (Å²) in [6.07, 6.45) is 7.26. The summed E-state index contributed by atoms with van der Waals surface area (Å²) in [5.74, 6) is 1.28. The van der Waals surface area contributed by atoms with Gasteiger partial charge in [-0.1, -0.05) is 32.9 Å². The van der Waals surface area contributed by atoms with Crippen LogP contribution in [0.15, 0.2) is 43.2 Å². The number of nitrogens with zero attached hydrogens (tertiary/aromatic N) is 6. The van der Waals surface area contributed by atoms with E-state index in [4.69, 9.17) is 4.98 Å². The van der Waals surface area contributed by atoms with E-state index in [0.29, 0.717) is 18.1 Å². The molecule has 0 aliphatic carbocycles. The quantitative estimate of drug-likeness (QED) is 0.505. The van der Waals surface area contributed by atoms with E-state index in [-0.39, 0.29) is 5.41 Å². The second kappa shape index (κ2) is 7.78. The molecule has 0 saturated heterocycles. The highest BCUT2D eigenvalue weighted by atomic mass is 15.2. The van der Waals surface area contributed by atoms with Crippen LogP contribution >= 0.6 is 0 Å². The summed E-state index contributed by atoms with van der Waals surface area (Å²) in [5, 5.41) is 6.83. The topological polar surface area (TPSA) is 85.5 Å². The Labute approximate surface area is 176 Å². The van der Waals surface area contributed by atoms with Gasteiger partial charge < -0.3 is 19.8 Å². The molecule has 8 nitrogen and oxygen atoms in total. The summed E-state index contributed by atoms with van der Waals surface area (Å²) in [7, 11) is 1.95. The van der Waals surface area contributed by atoms with Crippen molar-refractivity contribution in [3.8, 4) is 0 Å². The van der Waals surface area contributed by atoms with E-state index < -0.39 is 0 Å². The lowest BCUT2D eigenvalue weighted by Crippen LogP contribution is -2.13. The first-order valence-electron chi connectivity index (χ1n) is 10.1. The molecule has 30 heavy (non-hydrogen) atoms. The van der Waals surface area contributed by atoms with Crippen molar-refractivity contribution < 1.29 is 0 Å². The fourth-order valence-corrected chi connectivity index (χ4v) is 3.29. The molecule has 0 fully saturated rings. The number of anilines is 3. The van der Waals surface area contributed by atoms with Gasteiger partial charge in [0.1, 0.15) is 5.52 Å². The first-order chi connectivity index (χ1) is 14.3. The fourth-order valence-electron chi connectivity index (χ4n) is 3.29. The van der Waals surface area contributed by atoms with Gasteiger partial charge in [0.15, 0.2) is 11.5 Å². The maximum Gasteiger partial charge on any atom is 0.226 e. The van der Waals surface area contributed by atoms with Crippen LogP contribution in [0.5, 0.6) is 0 Å². The molecular weight excluding hydrogens is 376 g/mol. The lowest BCUT2D eigenvalue weighted by molar-refractivity contribution is 0.590. The molecule has 0 saturated carbocycles. The molecule has 3 heterocycles. The van der Waals surface area contributed by atoms with Crippen molar-refractivity contribution in [2.75, 3.05) is 17.2 Å². The van der Waals surface area contributed by atoms with Gasteiger partial charge in [-0.2, -0.15) is 9.97 Å². The molecule has 8 heteroatoms. The van der Waals surface area contributed by atoms with Crippen molar-refractivity contribution >= 4 is 28.6 Å². The van der Waals surface area contributed by atoms with Gasteiger partial charge in [0.05, 0.1) is 12.7 Å². The number of aromatic nitrogens is 6. The standard InChI is InChI=1S/C22H28N8/c1-15-6-7-16(22(2,3)4)12-17(15)26-20-18-19(25-14-29(18)5)27-21(28-20)24-9-11-30-10-8-23-13-30/h6-8,10,12-14H,9,11H2,1-5H3,(H2,24,26,27,28). The predicted octanol–water partition coefficient (Wildman–Crippen LogP) is 4.02. The number of benzene rings is 1. The highest BCUT2D eigenvalue weighted by molar-refractivity contribution is 5.87. The Bertz CT molecular complexity index is 1150. The van der Waals surface area contributed by atoms with Crippen molar-refractivity contribution in [2.24, 2.45) is 7.05 Å². The van der Waals surface area contributed by atoms with Crippen LogP contribution in [0.2, 0.25) is 0 Å². The first kappa shape index (κ1) is 19.9. The monoisotopic (exact) mass is 404 g/mol. The van der Waals surface area contributed by atoms with Crippen LogP contribution in [-0.4, -0.2) is 35.6 Å². The van der Waals surface area contributed by atoms with Gasteiger partial charge in [-0.05, 0) is 29.5 Å². The number of hydrogen-bond acceptors (Lipinski definition) is 6. The van der Waals surface area contributed by atoms with E-state index in [0.717, 1.165) is 29.1 Å². The van der Waals surface area contributed by atoms with Crippen molar-refractivity contribution in [2.45, 2.75) is 39.7 Å². The minimum Gasteiger partial charge on any atom is -0.352 e. The van der Waals surface area contributed by atoms with Crippen LogP contribution in [-0.2, 0) is 19.0 Å². The molecule has 3 aromatic heterocycles. The number of imidazole rings is 2. The van der Waals surface area contributed by atoms with E-state index in [9.17, 15) is 0 Å². The van der Waals surface area contributed by atoms with E-state index in [1.54, 1.807) is 18.9 Å². The number of aryl methyl sites for hydroxylation is 2. The zero-order valence-electron chi connectivity index (χ0n) is 18.1. The summed E-state index contributed by atoms with van der Waals surface area (Å²) in [6.45, 7) is 10.2. The average Bonchev–Trinajstić information content (AvgIpc) is 3.33. The van der Waals surface area contributed by atoms with Crippen molar-refractivity contribution in [1.82, 2.24) is 29.1 Å². The normalized spacial score (nSPS) is 11.8. The third kappa shape index (κ3) is 4.12. The summed E-state index contributed by atoms with van der Waals surface area (Å²) in [6, 6.07) is 6.53. The minimum absolute atomic E-state index is 0.0672. The highest BCUT2D eigenvalue weighted by Gasteiger charge is 2.17. The molecule has 0 radical (unpaired) electrons. The minimum atomic E-state index is 0.0672. The van der Waals surface area contributed by atoms with Gasteiger partial charge in [-0.25, -0.2) is 9.97 Å². The van der Waals surface area contributed by atoms with Crippen LogP contribution in [0.25, 0.3) is 11.2 Å². The maximum absolute atomic E-state index is 4.76. The van der Waals surface area contributed by atoms with Crippen molar-refractivity contribution in [1.29, 1.82) is 0 Å². The zero-order chi connectivity index (χ0) is 21.3. The molecule has 2 N–H and O–H groups in total. The molecule has 0 spiro atoms. The van der Waals surface area contributed by atoms with Crippen molar-refractivity contribution in [3.63, 3.8) is 0 Å². The Morgan fingerprint density at radius 1 is 1.10 bits per heavy atom. The van der Waals surface area contributed by atoms with Gasteiger partial charge in [0.2, 0.25) is 5.95 Å². The Morgan fingerprint density at radius 2 is 1.93 bits per heavy atom. The SMILES string of the molecule is Cc1ccc(C(C)(C)C)cc1Nc1nc(NCCn2ccnc2)nc2ncn(C)c12. The zero-order valence-corrected chi connectivity index (χ0v) is 18.1. The van der Waals surface area contributed by atoms with Crippen LogP contribution in [0.3, 0.4) is 0 Å². The Balaban J connectivity index is 1.65. The first-order valence-corrected chi connectivity index (χ1v) is 10.1. The predicted molar refractivity (Wildman–Crippen MR) is 120 cm³/mol. The van der Waals surface area contributed by atoms with E-state index in [1.807, 2.05) is 22.4 Å². The molecule has 1 aromatic carbocycles. The van der Waals surface area contributed by atoms with Crippen LogP contribution in [0.1, 0.15) is 31.9 Å².